The summed E-state index contributed by atoms with van der Waals surface area (Å²) in [7, 11) is 0. The molecule has 2 nitrogen and oxygen atoms in total. The molecule has 9 atom stereocenters. The first-order valence-electron chi connectivity index (χ1n) is 12.8. The zero-order valence-corrected chi connectivity index (χ0v) is 20.3. The van der Waals surface area contributed by atoms with E-state index in [0.717, 1.165) is 25.2 Å². The molecule has 2 heteroatoms. The van der Waals surface area contributed by atoms with E-state index >= 15 is 0 Å². The average molecular weight is 415 g/mol. The summed E-state index contributed by atoms with van der Waals surface area (Å²) in [6, 6.07) is 0. The second-order valence-corrected chi connectivity index (χ2v) is 12.4. The summed E-state index contributed by atoms with van der Waals surface area (Å²) in [6.07, 6.45) is 15.4. The number of hydrogen-bond acceptors (Lipinski definition) is 2. The Morgan fingerprint density at radius 2 is 1.70 bits per heavy atom. The molecule has 0 saturated heterocycles. The highest BCUT2D eigenvalue weighted by atomic mass is 16.3. The Balaban J connectivity index is 1.57. The molecule has 2 N–H and O–H groups in total. The van der Waals surface area contributed by atoms with Crippen molar-refractivity contribution < 1.29 is 10.2 Å². The van der Waals surface area contributed by atoms with Crippen molar-refractivity contribution in [2.75, 3.05) is 0 Å². The molecule has 4 rings (SSSR count). The maximum absolute atomic E-state index is 11.6. The van der Waals surface area contributed by atoms with Gasteiger partial charge >= 0.3 is 0 Å². The van der Waals surface area contributed by atoms with Gasteiger partial charge in [-0.25, -0.2) is 0 Å². The Labute approximate surface area is 185 Å². The molecule has 0 radical (unpaired) electrons. The molecule has 0 unspecified atom stereocenters. The minimum atomic E-state index is -0.715. The smallest absolute Gasteiger partial charge is 0.0765 e. The summed E-state index contributed by atoms with van der Waals surface area (Å²) in [6.45, 7) is 14.3. The molecule has 0 aliphatic heterocycles. The van der Waals surface area contributed by atoms with Gasteiger partial charge in [-0.3, -0.25) is 0 Å². The maximum atomic E-state index is 11.6. The number of hydrogen-bond donors (Lipinski definition) is 2. The lowest BCUT2D eigenvalue weighted by Gasteiger charge is -2.61. The average Bonchev–Trinajstić information content (AvgIpc) is 3.04. The van der Waals surface area contributed by atoms with Gasteiger partial charge in [-0.05, 0) is 85.9 Å². The van der Waals surface area contributed by atoms with Gasteiger partial charge in [0.2, 0.25) is 0 Å². The van der Waals surface area contributed by atoms with Gasteiger partial charge in [0, 0.05) is 11.8 Å². The van der Waals surface area contributed by atoms with Crippen molar-refractivity contribution in [2.45, 2.75) is 105 Å². The molecule has 3 fully saturated rings. The Hall–Kier alpha value is -0.600. The monoisotopic (exact) mass is 414 g/mol. The largest absolute Gasteiger partial charge is 0.393 e. The van der Waals surface area contributed by atoms with Crippen LogP contribution in [0.4, 0.5) is 0 Å². The molecule has 0 aromatic rings. The maximum Gasteiger partial charge on any atom is 0.0765 e. The van der Waals surface area contributed by atoms with Gasteiger partial charge in [0.15, 0.2) is 0 Å². The van der Waals surface area contributed by atoms with Crippen molar-refractivity contribution in [3.05, 3.63) is 23.8 Å². The van der Waals surface area contributed by atoms with Crippen LogP contribution in [0.15, 0.2) is 23.8 Å². The first-order valence-corrected chi connectivity index (χ1v) is 12.8. The fraction of sp³-hybridized carbons (Fsp3) is 0.857. The van der Waals surface area contributed by atoms with Crippen LogP contribution < -0.4 is 0 Å². The Kier molecular flexibility index (Phi) is 5.85. The second-order valence-electron chi connectivity index (χ2n) is 12.4. The fourth-order valence-corrected chi connectivity index (χ4v) is 8.10. The summed E-state index contributed by atoms with van der Waals surface area (Å²) >= 11 is 0. The molecule has 0 aromatic heterocycles. The van der Waals surface area contributed by atoms with E-state index in [4.69, 9.17) is 0 Å². The van der Waals surface area contributed by atoms with Crippen LogP contribution in [0.25, 0.3) is 0 Å². The van der Waals surface area contributed by atoms with Crippen molar-refractivity contribution in [1.82, 2.24) is 0 Å². The van der Waals surface area contributed by atoms with Gasteiger partial charge in [0.05, 0.1) is 11.7 Å². The van der Waals surface area contributed by atoms with Gasteiger partial charge in [-0.15, -0.1) is 0 Å². The van der Waals surface area contributed by atoms with Gasteiger partial charge in [-0.2, -0.15) is 0 Å². The van der Waals surface area contributed by atoms with Gasteiger partial charge in [0.25, 0.3) is 0 Å². The van der Waals surface area contributed by atoms with Gasteiger partial charge < -0.3 is 10.2 Å². The second kappa shape index (κ2) is 7.77. The number of rotatable bonds is 4. The highest BCUT2D eigenvalue weighted by Crippen LogP contribution is 2.67. The molecule has 0 bridgehead atoms. The third kappa shape index (κ3) is 3.36. The van der Waals surface area contributed by atoms with Crippen LogP contribution in [0, 0.1) is 46.3 Å². The lowest BCUT2D eigenvalue weighted by Crippen LogP contribution is -2.59. The highest BCUT2D eigenvalue weighted by Gasteiger charge is 2.62. The summed E-state index contributed by atoms with van der Waals surface area (Å²) in [5.74, 6) is 3.95. The van der Waals surface area contributed by atoms with Gasteiger partial charge in [0.1, 0.15) is 0 Å². The molecule has 0 aromatic carbocycles. The van der Waals surface area contributed by atoms with Crippen LogP contribution in [0.5, 0.6) is 0 Å². The number of allylic oxidation sites excluding steroid dienone is 3. The standard InChI is InChI=1S/C28H46O2/c1-18(2)19(3)7-8-20(4)23-9-10-24-22-12-16-28(30)17-21(29)11-15-27(28,6)25(22)13-14-26(23,24)5/h7-8,12,18-21,23-25,29-30H,9-11,13-17H2,1-6H3/b8-7+/t19-,20+,21+,23-,24+,25+,26-,27+,28+/m0/s1. The highest BCUT2D eigenvalue weighted by molar-refractivity contribution is 5.30. The Morgan fingerprint density at radius 1 is 0.967 bits per heavy atom. The van der Waals surface area contributed by atoms with E-state index in [-0.39, 0.29) is 11.5 Å². The van der Waals surface area contributed by atoms with Crippen molar-refractivity contribution in [1.29, 1.82) is 0 Å². The van der Waals surface area contributed by atoms with E-state index in [1.165, 1.54) is 25.7 Å². The first-order chi connectivity index (χ1) is 14.0. The van der Waals surface area contributed by atoms with Crippen LogP contribution in [-0.2, 0) is 0 Å². The molecule has 3 saturated carbocycles. The summed E-state index contributed by atoms with van der Waals surface area (Å²) < 4.78 is 0. The number of aliphatic hydroxyl groups excluding tert-OH is 1. The molecule has 170 valence electrons. The van der Waals surface area contributed by atoms with Crippen molar-refractivity contribution in [3.63, 3.8) is 0 Å². The lowest BCUT2D eigenvalue weighted by atomic mass is 9.46. The van der Waals surface area contributed by atoms with Crippen molar-refractivity contribution >= 4 is 0 Å². The van der Waals surface area contributed by atoms with E-state index in [1.54, 1.807) is 5.57 Å². The van der Waals surface area contributed by atoms with E-state index in [2.05, 4.69) is 59.8 Å². The van der Waals surface area contributed by atoms with Crippen molar-refractivity contribution in [2.24, 2.45) is 46.3 Å². The molecule has 30 heavy (non-hydrogen) atoms. The minimum absolute atomic E-state index is 0.0616. The summed E-state index contributed by atoms with van der Waals surface area (Å²) in [4.78, 5) is 0. The van der Waals surface area contributed by atoms with E-state index in [0.29, 0.717) is 41.4 Å². The van der Waals surface area contributed by atoms with Crippen LogP contribution in [0.2, 0.25) is 0 Å². The topological polar surface area (TPSA) is 40.5 Å². The number of aliphatic hydroxyl groups is 2. The van der Waals surface area contributed by atoms with Crippen LogP contribution in [0.3, 0.4) is 0 Å². The van der Waals surface area contributed by atoms with E-state index in [1.807, 2.05) is 0 Å². The zero-order chi connectivity index (χ0) is 21.9. The molecule has 0 amide bonds. The third-order valence-corrected chi connectivity index (χ3v) is 10.7. The Morgan fingerprint density at radius 3 is 2.40 bits per heavy atom. The lowest BCUT2D eigenvalue weighted by molar-refractivity contribution is -0.168. The minimum Gasteiger partial charge on any atom is -0.393 e. The summed E-state index contributed by atoms with van der Waals surface area (Å²) in [5, 5.41) is 21.8. The van der Waals surface area contributed by atoms with Crippen molar-refractivity contribution in [3.8, 4) is 0 Å². The number of fused-ring (bicyclic) bond motifs is 5. The third-order valence-electron chi connectivity index (χ3n) is 10.7. The SMILES string of the molecule is CC(C)[C@@H](C)/C=C/[C@@H](C)[C@@H]1CC[C@@H]2C3=CC[C@@]4(O)C[C@H](O)CC[C@]4(C)[C@@H]3CC[C@]21C. The fourth-order valence-electron chi connectivity index (χ4n) is 8.10. The van der Waals surface area contributed by atoms with Crippen LogP contribution in [0.1, 0.15) is 92.9 Å². The first kappa shape index (κ1) is 22.6. The Bertz CT molecular complexity index is 707. The molecule has 4 aliphatic rings. The zero-order valence-electron chi connectivity index (χ0n) is 20.3. The van der Waals surface area contributed by atoms with E-state index < -0.39 is 5.60 Å². The van der Waals surface area contributed by atoms with Crippen LogP contribution in [-0.4, -0.2) is 21.9 Å². The summed E-state index contributed by atoms with van der Waals surface area (Å²) in [5.41, 5.74) is 1.30. The molecular formula is C28H46O2. The van der Waals surface area contributed by atoms with Crippen LogP contribution >= 0.6 is 0 Å². The predicted molar refractivity (Wildman–Crippen MR) is 125 cm³/mol. The van der Waals surface area contributed by atoms with Gasteiger partial charge in [-0.1, -0.05) is 65.3 Å². The quantitative estimate of drug-likeness (QED) is 0.514. The molecule has 0 spiro atoms. The normalized spacial score (nSPS) is 48.1. The van der Waals surface area contributed by atoms with E-state index in [9.17, 15) is 10.2 Å². The molecule has 0 heterocycles. The predicted octanol–water partition coefficient (Wildman–Crippen LogP) is 6.53. The molecule has 4 aliphatic carbocycles. The molecular weight excluding hydrogens is 368 g/mol.